The van der Waals surface area contributed by atoms with Crippen molar-refractivity contribution in [2.24, 2.45) is 0 Å². The fourth-order valence-electron chi connectivity index (χ4n) is 3.98. The first-order valence-electron chi connectivity index (χ1n) is 10.7. The van der Waals surface area contributed by atoms with Gasteiger partial charge in [0.1, 0.15) is 0 Å². The molecule has 1 aliphatic heterocycles. The molecule has 0 spiro atoms. The van der Waals surface area contributed by atoms with Gasteiger partial charge in [0.15, 0.2) is 0 Å². The summed E-state index contributed by atoms with van der Waals surface area (Å²) < 4.78 is 28.4. The Balaban J connectivity index is 1.46. The van der Waals surface area contributed by atoms with E-state index in [1.165, 1.54) is 31.0 Å². The van der Waals surface area contributed by atoms with Crippen LogP contribution in [-0.4, -0.2) is 44.4 Å². The van der Waals surface area contributed by atoms with Crippen LogP contribution in [0.1, 0.15) is 47.2 Å². The van der Waals surface area contributed by atoms with Crippen molar-refractivity contribution in [1.29, 1.82) is 0 Å². The van der Waals surface area contributed by atoms with Crippen molar-refractivity contribution < 1.29 is 13.2 Å². The molecule has 2 aromatic rings. The molecule has 8 heteroatoms. The molecular weight excluding hydrogens is 434 g/mol. The van der Waals surface area contributed by atoms with Crippen LogP contribution in [0.15, 0.2) is 41.3 Å². The lowest BCUT2D eigenvalue weighted by molar-refractivity contribution is 0.0909. The highest BCUT2D eigenvalue weighted by Gasteiger charge is 2.32. The van der Waals surface area contributed by atoms with E-state index < -0.39 is 10.0 Å². The zero-order valence-corrected chi connectivity index (χ0v) is 19.4. The number of carbonyl (C=O) groups excluding carboxylic acids is 1. The highest BCUT2D eigenvalue weighted by Crippen LogP contribution is 2.29. The van der Waals surface area contributed by atoms with Crippen molar-refractivity contribution >= 4 is 33.2 Å². The van der Waals surface area contributed by atoms with Gasteiger partial charge in [0, 0.05) is 30.9 Å². The molecule has 4 rings (SSSR count). The van der Waals surface area contributed by atoms with Crippen molar-refractivity contribution in [3.8, 4) is 0 Å². The van der Waals surface area contributed by atoms with Gasteiger partial charge in [-0.25, -0.2) is 8.42 Å². The summed E-state index contributed by atoms with van der Waals surface area (Å²) in [6.07, 6.45) is 4.35. The average molecular weight is 462 g/mol. The Morgan fingerprint density at radius 1 is 1.00 bits per heavy atom. The zero-order chi connectivity index (χ0) is 22.2. The molecule has 0 unspecified atom stereocenters. The molecule has 1 amide bonds. The van der Waals surface area contributed by atoms with Crippen LogP contribution in [0, 0.1) is 13.8 Å². The number of rotatable bonds is 6. The Morgan fingerprint density at radius 3 is 2.35 bits per heavy atom. The van der Waals surface area contributed by atoms with Gasteiger partial charge in [0.05, 0.1) is 15.5 Å². The predicted octanol–water partition coefficient (Wildman–Crippen LogP) is 4.11. The lowest BCUT2D eigenvalue weighted by atomic mass is 10.0. The van der Waals surface area contributed by atoms with E-state index in [2.05, 4.69) is 14.9 Å². The van der Waals surface area contributed by atoms with Gasteiger partial charge >= 0.3 is 0 Å². The minimum Gasteiger partial charge on any atom is -0.349 e. The van der Waals surface area contributed by atoms with E-state index in [-0.39, 0.29) is 27.4 Å². The van der Waals surface area contributed by atoms with Crippen LogP contribution in [0.2, 0.25) is 5.02 Å². The largest absolute Gasteiger partial charge is 0.349 e. The number of nitrogens with one attached hydrogen (secondary N) is 2. The summed E-state index contributed by atoms with van der Waals surface area (Å²) in [5.41, 5.74) is 2.72. The third-order valence-corrected chi connectivity index (χ3v) is 7.89. The lowest BCUT2D eigenvalue weighted by Crippen LogP contribution is -2.45. The maximum Gasteiger partial charge on any atom is 0.261 e. The number of hydrogen-bond donors (Lipinski definition) is 2. The van der Waals surface area contributed by atoms with Gasteiger partial charge in [-0.2, -0.15) is 0 Å². The highest BCUT2D eigenvalue weighted by molar-refractivity contribution is 7.92. The Hall–Kier alpha value is -2.09. The third kappa shape index (κ3) is 5.22. The standard InChI is InChI=1S/C23H28ClN3O3S/c1-15-3-4-18(13-16(15)2)26-31(29,30)20-7-8-22(24)21(14-20)23(28)25-17-9-11-27(12-10-17)19-5-6-19/h3-4,7-8,13-14,17,19,26H,5-6,9-12H2,1-2H3,(H,25,28). The maximum atomic E-state index is 12.9. The van der Waals surface area contributed by atoms with Gasteiger partial charge < -0.3 is 10.2 Å². The number of nitrogens with zero attached hydrogens (tertiary/aromatic N) is 1. The molecule has 1 aliphatic carbocycles. The quantitative estimate of drug-likeness (QED) is 0.678. The molecule has 0 atom stereocenters. The minimum atomic E-state index is -3.85. The molecule has 0 radical (unpaired) electrons. The summed E-state index contributed by atoms with van der Waals surface area (Å²) in [5, 5.41) is 3.27. The summed E-state index contributed by atoms with van der Waals surface area (Å²) in [5.74, 6) is -0.335. The maximum absolute atomic E-state index is 12.9. The number of halogens is 1. The number of amides is 1. The van der Waals surface area contributed by atoms with Crippen LogP contribution >= 0.6 is 11.6 Å². The molecule has 0 aromatic heterocycles. The number of piperidine rings is 1. The molecule has 2 aliphatic rings. The van der Waals surface area contributed by atoms with E-state index in [4.69, 9.17) is 11.6 Å². The molecule has 1 saturated carbocycles. The molecule has 31 heavy (non-hydrogen) atoms. The molecule has 2 fully saturated rings. The fraction of sp³-hybridized carbons (Fsp3) is 0.435. The lowest BCUT2D eigenvalue weighted by Gasteiger charge is -2.32. The van der Waals surface area contributed by atoms with Crippen molar-refractivity contribution in [2.75, 3.05) is 17.8 Å². The second kappa shape index (κ2) is 8.81. The summed E-state index contributed by atoms with van der Waals surface area (Å²) in [7, 11) is -3.85. The summed E-state index contributed by atoms with van der Waals surface area (Å²) in [4.78, 5) is 15.3. The van der Waals surface area contributed by atoms with Crippen molar-refractivity contribution in [2.45, 2.75) is 56.5 Å². The Kier molecular flexibility index (Phi) is 6.28. The van der Waals surface area contributed by atoms with E-state index in [1.807, 2.05) is 19.9 Å². The second-order valence-electron chi connectivity index (χ2n) is 8.56. The van der Waals surface area contributed by atoms with Crippen LogP contribution in [0.5, 0.6) is 0 Å². The van der Waals surface area contributed by atoms with Gasteiger partial charge in [-0.1, -0.05) is 17.7 Å². The molecule has 1 heterocycles. The number of sulfonamides is 1. The number of benzene rings is 2. The molecule has 166 valence electrons. The topological polar surface area (TPSA) is 78.5 Å². The van der Waals surface area contributed by atoms with Crippen molar-refractivity contribution in [3.05, 3.63) is 58.1 Å². The van der Waals surface area contributed by atoms with E-state index in [1.54, 1.807) is 12.1 Å². The first-order chi connectivity index (χ1) is 14.7. The number of anilines is 1. The van der Waals surface area contributed by atoms with Gasteiger partial charge in [0.2, 0.25) is 0 Å². The Morgan fingerprint density at radius 2 is 1.71 bits per heavy atom. The molecule has 2 aromatic carbocycles. The van der Waals surface area contributed by atoms with Crippen LogP contribution < -0.4 is 10.0 Å². The van der Waals surface area contributed by atoms with Crippen LogP contribution in [0.3, 0.4) is 0 Å². The number of hydrogen-bond acceptors (Lipinski definition) is 4. The van der Waals surface area contributed by atoms with Crippen molar-refractivity contribution in [3.63, 3.8) is 0 Å². The molecule has 6 nitrogen and oxygen atoms in total. The zero-order valence-electron chi connectivity index (χ0n) is 17.8. The van der Waals surface area contributed by atoms with E-state index in [0.717, 1.165) is 43.1 Å². The van der Waals surface area contributed by atoms with Gasteiger partial charge in [0.25, 0.3) is 15.9 Å². The van der Waals surface area contributed by atoms with Gasteiger partial charge in [-0.15, -0.1) is 0 Å². The number of carbonyl (C=O) groups is 1. The number of aryl methyl sites for hydroxylation is 2. The first-order valence-corrected chi connectivity index (χ1v) is 12.5. The summed E-state index contributed by atoms with van der Waals surface area (Å²) in [6, 6.07) is 10.4. The fourth-order valence-corrected chi connectivity index (χ4v) is 5.25. The van der Waals surface area contributed by atoms with E-state index in [0.29, 0.717) is 5.69 Å². The summed E-state index contributed by atoms with van der Waals surface area (Å²) in [6.45, 7) is 5.86. The Bertz CT molecular complexity index is 1090. The first kappa shape index (κ1) is 22.1. The number of likely N-dealkylation sites (tertiary alicyclic amines) is 1. The molecule has 2 N–H and O–H groups in total. The summed E-state index contributed by atoms with van der Waals surface area (Å²) >= 11 is 6.25. The smallest absolute Gasteiger partial charge is 0.261 e. The predicted molar refractivity (Wildman–Crippen MR) is 123 cm³/mol. The average Bonchev–Trinajstić information content (AvgIpc) is 3.56. The molecular formula is C23H28ClN3O3S. The van der Waals surface area contributed by atoms with E-state index in [9.17, 15) is 13.2 Å². The molecule has 1 saturated heterocycles. The minimum absolute atomic E-state index is 0.00355. The third-order valence-electron chi connectivity index (χ3n) is 6.18. The normalized spacial score (nSPS) is 18.0. The SMILES string of the molecule is Cc1ccc(NS(=O)(=O)c2ccc(Cl)c(C(=O)NC3CCN(C4CC4)CC3)c2)cc1C. The second-order valence-corrected chi connectivity index (χ2v) is 10.7. The van der Waals surface area contributed by atoms with E-state index >= 15 is 0 Å². The van der Waals surface area contributed by atoms with Gasteiger partial charge in [-0.05, 0) is 81.0 Å². The van der Waals surface area contributed by atoms with Crippen LogP contribution in [-0.2, 0) is 10.0 Å². The van der Waals surface area contributed by atoms with Crippen LogP contribution in [0.4, 0.5) is 5.69 Å². The highest BCUT2D eigenvalue weighted by atomic mass is 35.5. The van der Waals surface area contributed by atoms with Crippen molar-refractivity contribution in [1.82, 2.24) is 10.2 Å². The van der Waals surface area contributed by atoms with Crippen LogP contribution in [0.25, 0.3) is 0 Å². The molecule has 0 bridgehead atoms. The van der Waals surface area contributed by atoms with Gasteiger partial charge in [-0.3, -0.25) is 9.52 Å². The Labute approximate surface area is 189 Å². The monoisotopic (exact) mass is 461 g/mol.